The number of methoxy groups -OCH3 is 1. The predicted molar refractivity (Wildman–Crippen MR) is 63.3 cm³/mol. The van der Waals surface area contributed by atoms with Gasteiger partial charge < -0.3 is 9.84 Å². The first kappa shape index (κ1) is 12.1. The van der Waals surface area contributed by atoms with Crippen LogP contribution in [0.25, 0.3) is 0 Å². The summed E-state index contributed by atoms with van der Waals surface area (Å²) < 4.78 is 4.83. The number of thiophene rings is 1. The Kier molecular flexibility index (Phi) is 3.19. The average Bonchev–Trinajstić information content (AvgIpc) is 2.71. The van der Waals surface area contributed by atoms with Crippen LogP contribution in [0.5, 0.6) is 0 Å². The molecule has 4 nitrogen and oxygen atoms in total. The molecule has 0 bridgehead atoms. The average molecular weight is 254 g/mol. The third-order valence-corrected chi connectivity index (χ3v) is 4.39. The normalized spacial score (nSPS) is 17.2. The Labute approximate surface area is 103 Å². The largest absolute Gasteiger partial charge is 0.477 e. The van der Waals surface area contributed by atoms with Gasteiger partial charge in [-0.25, -0.2) is 4.79 Å². The van der Waals surface area contributed by atoms with Crippen molar-refractivity contribution in [2.24, 2.45) is 5.41 Å². The Morgan fingerprint density at radius 1 is 1.47 bits per heavy atom. The van der Waals surface area contributed by atoms with Gasteiger partial charge in [0.15, 0.2) is 0 Å². The maximum atomic E-state index is 11.7. The third kappa shape index (κ3) is 2.20. The molecule has 2 rings (SSSR count). The van der Waals surface area contributed by atoms with E-state index in [-0.39, 0.29) is 5.97 Å². The standard InChI is InChI=1S/C12H14O4S/c1-16-11(15)12(5-2-6-12)7-8-3-4-9(17-8)10(13)14/h3-4H,2,5-7H2,1H3,(H,13,14). The van der Waals surface area contributed by atoms with Gasteiger partial charge in [-0.2, -0.15) is 0 Å². The van der Waals surface area contributed by atoms with Gasteiger partial charge in [-0.05, 0) is 31.4 Å². The number of carbonyl (C=O) groups is 2. The van der Waals surface area contributed by atoms with E-state index in [9.17, 15) is 9.59 Å². The number of ether oxygens (including phenoxy) is 1. The van der Waals surface area contributed by atoms with Crippen LogP contribution in [-0.2, 0) is 16.0 Å². The minimum atomic E-state index is -0.915. The molecular formula is C12H14O4S. The first-order chi connectivity index (χ1) is 8.07. The van der Waals surface area contributed by atoms with E-state index < -0.39 is 11.4 Å². The van der Waals surface area contributed by atoms with Crippen molar-refractivity contribution < 1.29 is 19.4 Å². The summed E-state index contributed by atoms with van der Waals surface area (Å²) in [7, 11) is 1.40. The van der Waals surface area contributed by atoms with E-state index in [2.05, 4.69) is 0 Å². The van der Waals surface area contributed by atoms with Crippen LogP contribution >= 0.6 is 11.3 Å². The molecule has 1 heterocycles. The number of carboxylic acid groups (broad SMARTS) is 1. The second kappa shape index (κ2) is 4.49. The summed E-state index contributed by atoms with van der Waals surface area (Å²) in [5.41, 5.74) is -0.407. The monoisotopic (exact) mass is 254 g/mol. The van der Waals surface area contributed by atoms with Crippen molar-refractivity contribution in [2.45, 2.75) is 25.7 Å². The molecule has 0 spiro atoms. The fourth-order valence-corrected chi connectivity index (χ4v) is 3.18. The van der Waals surface area contributed by atoms with Crippen molar-refractivity contribution in [3.63, 3.8) is 0 Å². The van der Waals surface area contributed by atoms with Crippen molar-refractivity contribution in [1.82, 2.24) is 0 Å². The number of aromatic carboxylic acids is 1. The molecule has 0 aliphatic heterocycles. The number of esters is 1. The Morgan fingerprint density at radius 2 is 2.18 bits per heavy atom. The second-order valence-electron chi connectivity index (χ2n) is 4.37. The van der Waals surface area contributed by atoms with Crippen molar-refractivity contribution in [1.29, 1.82) is 0 Å². The number of carboxylic acids is 1. The number of rotatable bonds is 4. The SMILES string of the molecule is COC(=O)C1(Cc2ccc(C(=O)O)s2)CCC1. The van der Waals surface area contributed by atoms with Crippen LogP contribution in [0.1, 0.15) is 33.8 Å². The van der Waals surface area contributed by atoms with Gasteiger partial charge in [0, 0.05) is 4.88 Å². The molecule has 1 aromatic rings. The number of hydrogen-bond acceptors (Lipinski definition) is 4. The summed E-state index contributed by atoms with van der Waals surface area (Å²) in [6, 6.07) is 3.38. The summed E-state index contributed by atoms with van der Waals surface area (Å²) in [6.45, 7) is 0. The van der Waals surface area contributed by atoms with Crippen molar-refractivity contribution in [3.8, 4) is 0 Å². The fraction of sp³-hybridized carbons (Fsp3) is 0.500. The zero-order valence-electron chi connectivity index (χ0n) is 9.56. The highest BCUT2D eigenvalue weighted by Gasteiger charge is 2.45. The van der Waals surface area contributed by atoms with Crippen LogP contribution in [-0.4, -0.2) is 24.2 Å². The fourth-order valence-electron chi connectivity index (χ4n) is 2.19. The molecule has 5 heteroatoms. The van der Waals surface area contributed by atoms with E-state index in [1.165, 1.54) is 18.4 Å². The van der Waals surface area contributed by atoms with E-state index in [1.54, 1.807) is 12.1 Å². The van der Waals surface area contributed by atoms with Crippen molar-refractivity contribution in [3.05, 3.63) is 21.9 Å². The van der Waals surface area contributed by atoms with E-state index in [1.807, 2.05) is 0 Å². The van der Waals surface area contributed by atoms with E-state index in [0.29, 0.717) is 11.3 Å². The van der Waals surface area contributed by atoms with Gasteiger partial charge >= 0.3 is 11.9 Å². The van der Waals surface area contributed by atoms with Gasteiger partial charge in [-0.3, -0.25) is 4.79 Å². The Hall–Kier alpha value is -1.36. The zero-order valence-corrected chi connectivity index (χ0v) is 10.4. The highest BCUT2D eigenvalue weighted by Crippen LogP contribution is 2.45. The van der Waals surface area contributed by atoms with Gasteiger partial charge in [-0.15, -0.1) is 11.3 Å². The zero-order chi connectivity index (χ0) is 12.5. The van der Waals surface area contributed by atoms with Crippen LogP contribution in [0.15, 0.2) is 12.1 Å². The molecule has 1 fully saturated rings. The molecule has 0 radical (unpaired) electrons. The minimum absolute atomic E-state index is 0.172. The molecule has 17 heavy (non-hydrogen) atoms. The van der Waals surface area contributed by atoms with Gasteiger partial charge in [0.2, 0.25) is 0 Å². The molecule has 1 aliphatic carbocycles. The van der Waals surface area contributed by atoms with Crippen LogP contribution in [0.4, 0.5) is 0 Å². The quantitative estimate of drug-likeness (QED) is 0.838. The maximum Gasteiger partial charge on any atom is 0.345 e. The first-order valence-electron chi connectivity index (χ1n) is 5.48. The van der Waals surface area contributed by atoms with Gasteiger partial charge in [0.05, 0.1) is 12.5 Å². The molecule has 0 saturated heterocycles. The van der Waals surface area contributed by atoms with E-state index in [0.717, 1.165) is 24.1 Å². The minimum Gasteiger partial charge on any atom is -0.477 e. The molecule has 1 aromatic heterocycles. The van der Waals surface area contributed by atoms with Crippen molar-refractivity contribution in [2.75, 3.05) is 7.11 Å². The van der Waals surface area contributed by atoms with Crippen LogP contribution in [0, 0.1) is 5.41 Å². The molecule has 0 unspecified atom stereocenters. The maximum absolute atomic E-state index is 11.7. The summed E-state index contributed by atoms with van der Waals surface area (Å²) in [4.78, 5) is 23.8. The van der Waals surface area contributed by atoms with Gasteiger partial charge in [-0.1, -0.05) is 6.42 Å². The van der Waals surface area contributed by atoms with Crippen molar-refractivity contribution >= 4 is 23.3 Å². The lowest BCUT2D eigenvalue weighted by molar-refractivity contribution is -0.158. The molecule has 0 atom stereocenters. The van der Waals surface area contributed by atoms with Crippen LogP contribution in [0.2, 0.25) is 0 Å². The number of hydrogen-bond donors (Lipinski definition) is 1. The second-order valence-corrected chi connectivity index (χ2v) is 5.54. The smallest absolute Gasteiger partial charge is 0.345 e. The molecule has 0 amide bonds. The lowest BCUT2D eigenvalue weighted by Crippen LogP contribution is -2.40. The lowest BCUT2D eigenvalue weighted by atomic mass is 9.66. The summed E-state index contributed by atoms with van der Waals surface area (Å²) in [6.07, 6.45) is 3.30. The summed E-state index contributed by atoms with van der Waals surface area (Å²) in [5.74, 6) is -1.09. The Balaban J connectivity index is 2.13. The topological polar surface area (TPSA) is 63.6 Å². The van der Waals surface area contributed by atoms with Gasteiger partial charge in [0.1, 0.15) is 4.88 Å². The summed E-state index contributed by atoms with van der Waals surface area (Å²) >= 11 is 1.24. The Bertz CT molecular complexity index is 445. The third-order valence-electron chi connectivity index (χ3n) is 3.31. The lowest BCUT2D eigenvalue weighted by Gasteiger charge is -2.38. The highest BCUT2D eigenvalue weighted by molar-refractivity contribution is 7.13. The van der Waals surface area contributed by atoms with Crippen LogP contribution in [0.3, 0.4) is 0 Å². The molecule has 1 aliphatic rings. The first-order valence-corrected chi connectivity index (χ1v) is 6.29. The molecule has 1 saturated carbocycles. The molecule has 0 aromatic carbocycles. The molecule has 92 valence electrons. The highest BCUT2D eigenvalue weighted by atomic mass is 32.1. The molecule has 1 N–H and O–H groups in total. The van der Waals surface area contributed by atoms with Crippen LogP contribution < -0.4 is 0 Å². The Morgan fingerprint density at radius 3 is 2.59 bits per heavy atom. The number of carbonyl (C=O) groups excluding carboxylic acids is 1. The summed E-state index contributed by atoms with van der Waals surface area (Å²) in [5, 5.41) is 8.84. The predicted octanol–water partition coefficient (Wildman–Crippen LogP) is 2.33. The van der Waals surface area contributed by atoms with Gasteiger partial charge in [0.25, 0.3) is 0 Å². The van der Waals surface area contributed by atoms with E-state index in [4.69, 9.17) is 9.84 Å². The van der Waals surface area contributed by atoms with E-state index >= 15 is 0 Å². The molecular weight excluding hydrogens is 240 g/mol.